The normalized spacial score (nSPS) is 11.3. The highest BCUT2D eigenvalue weighted by Gasteiger charge is 2.35. The van der Waals surface area contributed by atoms with E-state index in [4.69, 9.17) is 22.1 Å². The van der Waals surface area contributed by atoms with Crippen LogP contribution >= 0.6 is 11.6 Å². The lowest BCUT2D eigenvalue weighted by Gasteiger charge is -2.12. The highest BCUT2D eigenvalue weighted by Crippen LogP contribution is 2.31. The largest absolute Gasteiger partial charge is 0.497 e. The Morgan fingerprint density at radius 3 is 2.57 bits per heavy atom. The lowest BCUT2D eigenvalue weighted by atomic mass is 10.3. The van der Waals surface area contributed by atoms with Crippen LogP contribution in [0.25, 0.3) is 0 Å². The lowest BCUT2D eigenvalue weighted by Crippen LogP contribution is -2.13. The van der Waals surface area contributed by atoms with E-state index in [0.717, 1.165) is 0 Å². The van der Waals surface area contributed by atoms with E-state index in [2.05, 4.69) is 15.3 Å². The van der Waals surface area contributed by atoms with Gasteiger partial charge in [0.15, 0.2) is 0 Å². The molecule has 0 unspecified atom stereocenters. The van der Waals surface area contributed by atoms with E-state index in [9.17, 15) is 13.2 Å². The number of aromatic nitrogens is 2. The van der Waals surface area contributed by atoms with Crippen LogP contribution in [-0.2, 0) is 6.18 Å². The molecule has 0 bridgehead atoms. The van der Waals surface area contributed by atoms with Crippen LogP contribution in [0.1, 0.15) is 5.82 Å². The van der Waals surface area contributed by atoms with Crippen LogP contribution in [0.5, 0.6) is 5.75 Å². The maximum atomic E-state index is 12.6. The minimum Gasteiger partial charge on any atom is -0.497 e. The van der Waals surface area contributed by atoms with E-state index in [0.29, 0.717) is 16.5 Å². The molecule has 112 valence electrons. The number of nitrogen functional groups attached to an aromatic ring is 1. The summed E-state index contributed by atoms with van der Waals surface area (Å²) in [5.41, 5.74) is 5.69. The van der Waals surface area contributed by atoms with Crippen molar-refractivity contribution < 1.29 is 17.9 Å². The third-order valence-electron chi connectivity index (χ3n) is 2.44. The number of nitrogens with two attached hydrogens (primary N) is 1. The second-order valence-corrected chi connectivity index (χ2v) is 4.38. The summed E-state index contributed by atoms with van der Waals surface area (Å²) in [6, 6.07) is 5.85. The molecule has 5 nitrogen and oxygen atoms in total. The molecule has 1 heterocycles. The van der Waals surface area contributed by atoms with Crippen molar-refractivity contribution in [3.8, 4) is 5.75 Å². The van der Waals surface area contributed by atoms with Gasteiger partial charge in [0.25, 0.3) is 0 Å². The third kappa shape index (κ3) is 3.66. The van der Waals surface area contributed by atoms with Gasteiger partial charge in [0, 0.05) is 12.1 Å². The van der Waals surface area contributed by atoms with Crippen molar-refractivity contribution in [2.75, 3.05) is 18.2 Å². The molecule has 0 spiro atoms. The highest BCUT2D eigenvalue weighted by molar-refractivity contribution is 6.33. The van der Waals surface area contributed by atoms with Gasteiger partial charge in [-0.3, -0.25) is 0 Å². The second-order valence-electron chi connectivity index (χ2n) is 3.97. The van der Waals surface area contributed by atoms with Gasteiger partial charge in [-0.05, 0) is 12.1 Å². The van der Waals surface area contributed by atoms with Gasteiger partial charge in [0.05, 0.1) is 17.8 Å². The zero-order valence-corrected chi connectivity index (χ0v) is 11.5. The van der Waals surface area contributed by atoms with E-state index >= 15 is 0 Å². The van der Waals surface area contributed by atoms with Gasteiger partial charge in [-0.2, -0.15) is 13.2 Å². The van der Waals surface area contributed by atoms with E-state index < -0.39 is 12.0 Å². The number of nitrogens with zero attached hydrogens (tertiary/aromatic N) is 2. The summed E-state index contributed by atoms with van der Waals surface area (Å²) >= 11 is 5.96. The molecule has 0 aliphatic rings. The predicted octanol–water partition coefficient (Wildman–Crippen LogP) is 3.48. The first-order chi connectivity index (χ1) is 9.79. The molecule has 2 rings (SSSR count). The molecular weight excluding hydrogens is 309 g/mol. The second kappa shape index (κ2) is 5.65. The Balaban J connectivity index is 2.38. The monoisotopic (exact) mass is 318 g/mol. The van der Waals surface area contributed by atoms with Crippen LogP contribution in [0.2, 0.25) is 5.02 Å². The number of alkyl halides is 3. The number of hydrogen-bond donors (Lipinski definition) is 2. The Labute approximate surface area is 122 Å². The summed E-state index contributed by atoms with van der Waals surface area (Å²) in [5.74, 6) is -1.27. The molecule has 9 heteroatoms. The summed E-state index contributed by atoms with van der Waals surface area (Å²) in [4.78, 5) is 6.52. The number of ether oxygens (including phenoxy) is 1. The molecule has 1 aromatic carbocycles. The summed E-state index contributed by atoms with van der Waals surface area (Å²) in [6.07, 6.45) is -4.69. The molecule has 0 fully saturated rings. The fraction of sp³-hybridized carbons (Fsp3) is 0.167. The Morgan fingerprint density at radius 2 is 1.95 bits per heavy atom. The van der Waals surface area contributed by atoms with Crippen molar-refractivity contribution in [2.45, 2.75) is 6.18 Å². The standard InChI is InChI=1S/C12H10ClF3N4O/c1-21-6-2-3-7(13)8(4-6)18-10-5-9(17)19-11(20-10)12(14,15)16/h2-5H,1H3,(H3,17,18,19,20). The molecule has 0 saturated carbocycles. The van der Waals surface area contributed by atoms with E-state index in [-0.39, 0.29) is 11.6 Å². The maximum Gasteiger partial charge on any atom is 0.451 e. The van der Waals surface area contributed by atoms with Gasteiger partial charge in [-0.1, -0.05) is 11.6 Å². The molecule has 0 aliphatic carbocycles. The molecule has 3 N–H and O–H groups in total. The average molecular weight is 319 g/mol. The van der Waals surface area contributed by atoms with Crippen molar-refractivity contribution in [1.82, 2.24) is 9.97 Å². The van der Waals surface area contributed by atoms with Crippen molar-refractivity contribution in [1.29, 1.82) is 0 Å². The van der Waals surface area contributed by atoms with E-state index in [1.165, 1.54) is 25.3 Å². The minimum absolute atomic E-state index is 0.120. The first-order valence-corrected chi connectivity index (χ1v) is 5.99. The smallest absolute Gasteiger partial charge is 0.451 e. The van der Waals surface area contributed by atoms with Crippen LogP contribution in [-0.4, -0.2) is 17.1 Å². The topological polar surface area (TPSA) is 73.1 Å². The minimum atomic E-state index is -4.69. The lowest BCUT2D eigenvalue weighted by molar-refractivity contribution is -0.144. The summed E-state index contributed by atoms with van der Waals surface area (Å²) in [5, 5.41) is 2.95. The first kappa shape index (κ1) is 15.2. The predicted molar refractivity (Wildman–Crippen MR) is 72.7 cm³/mol. The molecule has 0 radical (unpaired) electrons. The van der Waals surface area contributed by atoms with Gasteiger partial charge >= 0.3 is 6.18 Å². The molecular formula is C12H10ClF3N4O. The molecule has 0 saturated heterocycles. The number of hydrogen-bond acceptors (Lipinski definition) is 5. The molecule has 21 heavy (non-hydrogen) atoms. The van der Waals surface area contributed by atoms with Crippen LogP contribution in [0, 0.1) is 0 Å². The molecule has 2 aromatic rings. The first-order valence-electron chi connectivity index (χ1n) is 5.62. The number of methoxy groups -OCH3 is 1. The van der Waals surface area contributed by atoms with Crippen molar-refractivity contribution in [3.63, 3.8) is 0 Å². The SMILES string of the molecule is COc1ccc(Cl)c(Nc2cc(N)nc(C(F)(F)F)n2)c1. The van der Waals surface area contributed by atoms with Crippen LogP contribution in [0.4, 0.5) is 30.5 Å². The molecule has 0 atom stereocenters. The summed E-state index contributed by atoms with van der Waals surface area (Å²) in [7, 11) is 1.46. The van der Waals surface area contributed by atoms with E-state index in [1.54, 1.807) is 6.07 Å². The number of rotatable bonds is 3. The number of nitrogens with one attached hydrogen (secondary N) is 1. The Kier molecular flexibility index (Phi) is 4.08. The molecule has 0 aliphatic heterocycles. The number of benzene rings is 1. The van der Waals surface area contributed by atoms with Crippen LogP contribution < -0.4 is 15.8 Å². The quantitative estimate of drug-likeness (QED) is 0.906. The number of anilines is 3. The average Bonchev–Trinajstić information content (AvgIpc) is 2.39. The highest BCUT2D eigenvalue weighted by atomic mass is 35.5. The fourth-order valence-corrected chi connectivity index (χ4v) is 1.69. The third-order valence-corrected chi connectivity index (χ3v) is 2.77. The van der Waals surface area contributed by atoms with Crippen LogP contribution in [0.3, 0.4) is 0 Å². The summed E-state index contributed by atoms with van der Waals surface area (Å²) < 4.78 is 42.9. The zero-order valence-electron chi connectivity index (χ0n) is 10.7. The Hall–Kier alpha value is -2.22. The fourth-order valence-electron chi connectivity index (χ4n) is 1.52. The van der Waals surface area contributed by atoms with Crippen molar-refractivity contribution in [3.05, 3.63) is 35.1 Å². The summed E-state index contributed by atoms with van der Waals surface area (Å²) in [6.45, 7) is 0. The number of halogens is 4. The zero-order chi connectivity index (χ0) is 15.6. The Bertz CT molecular complexity index is 663. The van der Waals surface area contributed by atoms with Gasteiger partial charge in [-0.25, -0.2) is 9.97 Å². The maximum absolute atomic E-state index is 12.6. The van der Waals surface area contributed by atoms with E-state index in [1.807, 2.05) is 0 Å². The Morgan fingerprint density at radius 1 is 1.24 bits per heavy atom. The van der Waals surface area contributed by atoms with Gasteiger partial charge in [0.1, 0.15) is 17.4 Å². The van der Waals surface area contributed by atoms with Gasteiger partial charge in [0.2, 0.25) is 5.82 Å². The molecule has 1 aromatic heterocycles. The van der Waals surface area contributed by atoms with Crippen LogP contribution in [0.15, 0.2) is 24.3 Å². The molecule has 0 amide bonds. The van der Waals surface area contributed by atoms with Gasteiger partial charge in [-0.15, -0.1) is 0 Å². The van der Waals surface area contributed by atoms with Crippen molar-refractivity contribution in [2.24, 2.45) is 0 Å². The van der Waals surface area contributed by atoms with Crippen molar-refractivity contribution >= 4 is 28.9 Å². The van der Waals surface area contributed by atoms with Gasteiger partial charge < -0.3 is 15.8 Å².